The van der Waals surface area contributed by atoms with Gasteiger partial charge in [-0.15, -0.1) is 0 Å². The fraction of sp³-hybridized carbons (Fsp3) is 0.791. The number of carbonyl (C=O) groups is 3. The monoisotopic (exact) mass is 688 g/mol. The Morgan fingerprint density at radius 1 is 0.531 bits per heavy atom. The zero-order valence-electron chi connectivity index (χ0n) is 32.0. The van der Waals surface area contributed by atoms with Crippen LogP contribution in [0.2, 0.25) is 0 Å². The average molecular weight is 688 g/mol. The topological polar surface area (TPSA) is 92.7 Å². The lowest BCUT2D eigenvalue weighted by atomic mass is 10.0. The number of hydrogen-bond acceptors (Lipinski definition) is 4. The van der Waals surface area contributed by atoms with Crippen molar-refractivity contribution in [2.45, 2.75) is 213 Å². The molecule has 284 valence electrons. The number of carboxylic acid groups (broad SMARTS) is 1. The largest absolute Gasteiger partial charge is 0.480 e. The molecule has 0 saturated heterocycles. The summed E-state index contributed by atoms with van der Waals surface area (Å²) in [5.41, 5.74) is 0. The molecule has 1 amide bonds. The number of carbonyl (C=O) groups excluding carboxylic acids is 2. The highest BCUT2D eigenvalue weighted by Crippen LogP contribution is 2.18. The third-order valence-corrected chi connectivity index (χ3v) is 9.06. The highest BCUT2D eigenvalue weighted by atomic mass is 16.5. The van der Waals surface area contributed by atoms with Crippen molar-refractivity contribution in [2.24, 2.45) is 0 Å². The van der Waals surface area contributed by atoms with Gasteiger partial charge < -0.3 is 15.2 Å². The first-order valence-corrected chi connectivity index (χ1v) is 20.6. The molecule has 0 aromatic rings. The van der Waals surface area contributed by atoms with Crippen LogP contribution in [-0.4, -0.2) is 35.6 Å². The van der Waals surface area contributed by atoms with Crippen molar-refractivity contribution in [3.8, 4) is 0 Å². The first-order chi connectivity index (χ1) is 24.0. The van der Waals surface area contributed by atoms with E-state index in [9.17, 15) is 14.4 Å². The van der Waals surface area contributed by atoms with E-state index in [1.54, 1.807) is 0 Å². The van der Waals surface area contributed by atoms with Gasteiger partial charge in [0.2, 0.25) is 5.91 Å². The van der Waals surface area contributed by atoms with Gasteiger partial charge in [-0.05, 0) is 77.0 Å². The molecule has 1 unspecified atom stereocenters. The Morgan fingerprint density at radius 2 is 0.939 bits per heavy atom. The van der Waals surface area contributed by atoms with Crippen molar-refractivity contribution < 1.29 is 24.2 Å². The Labute approximate surface area is 302 Å². The lowest BCUT2D eigenvalue weighted by molar-refractivity contribution is -0.150. The van der Waals surface area contributed by atoms with Crippen LogP contribution in [0.5, 0.6) is 0 Å². The molecule has 0 aliphatic heterocycles. The summed E-state index contributed by atoms with van der Waals surface area (Å²) >= 11 is 0. The van der Waals surface area contributed by atoms with Gasteiger partial charge in [0.15, 0.2) is 0 Å². The van der Waals surface area contributed by atoms with Gasteiger partial charge in [-0.1, -0.05) is 153 Å². The zero-order valence-corrected chi connectivity index (χ0v) is 32.0. The molecule has 0 bridgehead atoms. The molecule has 0 spiro atoms. The lowest BCUT2D eigenvalue weighted by Crippen LogP contribution is -2.28. The second kappa shape index (κ2) is 38.4. The van der Waals surface area contributed by atoms with Crippen LogP contribution in [0.1, 0.15) is 206 Å². The molecule has 6 heteroatoms. The molecule has 0 aliphatic carbocycles. The fourth-order valence-electron chi connectivity index (χ4n) is 5.99. The predicted molar refractivity (Wildman–Crippen MR) is 208 cm³/mol. The van der Waals surface area contributed by atoms with E-state index in [2.05, 4.69) is 55.6 Å². The van der Waals surface area contributed by atoms with Crippen LogP contribution < -0.4 is 5.32 Å². The number of unbranched alkanes of at least 4 members (excludes halogenated alkanes) is 20. The van der Waals surface area contributed by atoms with Crippen molar-refractivity contribution in [2.75, 3.05) is 6.54 Å². The Morgan fingerprint density at radius 3 is 1.43 bits per heavy atom. The zero-order chi connectivity index (χ0) is 35.9. The standard InChI is InChI=1S/C43H77NO5/c1-3-5-7-9-11-12-13-14-15-16-17-18-19-20-21-22-23-24-25-30-34-38-43(48)49-40(35-31-27-10-8-6-4-2)36-32-28-26-29-33-37-41(45)44-39-42(46)47/h13-14,16-17,19-20,40H,3-12,15,18,21-39H2,1-2H3,(H,44,45)(H,46,47)/b14-13-,17-16-,20-19-. The Balaban J connectivity index is 3.96. The van der Waals surface area contributed by atoms with Crippen molar-refractivity contribution in [1.29, 1.82) is 0 Å². The number of amides is 1. The van der Waals surface area contributed by atoms with E-state index in [1.807, 2.05) is 0 Å². The van der Waals surface area contributed by atoms with Gasteiger partial charge >= 0.3 is 11.9 Å². The molecule has 6 nitrogen and oxygen atoms in total. The molecular formula is C43H77NO5. The molecule has 0 aliphatic rings. The summed E-state index contributed by atoms with van der Waals surface area (Å²) in [5, 5.41) is 11.0. The second-order valence-corrected chi connectivity index (χ2v) is 13.9. The number of aliphatic carboxylic acids is 1. The number of hydrogen-bond donors (Lipinski definition) is 2. The maximum Gasteiger partial charge on any atom is 0.322 e. The minimum Gasteiger partial charge on any atom is -0.480 e. The Kier molecular flexibility index (Phi) is 36.6. The van der Waals surface area contributed by atoms with E-state index in [0.29, 0.717) is 12.8 Å². The molecule has 0 aromatic carbocycles. The average Bonchev–Trinajstić information content (AvgIpc) is 3.08. The number of carboxylic acids is 1. The maximum absolute atomic E-state index is 12.6. The van der Waals surface area contributed by atoms with Gasteiger partial charge in [-0.25, -0.2) is 0 Å². The van der Waals surface area contributed by atoms with E-state index >= 15 is 0 Å². The van der Waals surface area contributed by atoms with Crippen LogP contribution in [0.15, 0.2) is 36.5 Å². The molecule has 0 radical (unpaired) electrons. The van der Waals surface area contributed by atoms with Crippen molar-refractivity contribution in [1.82, 2.24) is 5.32 Å². The molecule has 49 heavy (non-hydrogen) atoms. The molecule has 0 aromatic heterocycles. The van der Waals surface area contributed by atoms with Crippen LogP contribution in [0.4, 0.5) is 0 Å². The molecule has 0 heterocycles. The van der Waals surface area contributed by atoms with Gasteiger partial charge in [0.05, 0.1) is 0 Å². The van der Waals surface area contributed by atoms with Gasteiger partial charge in [0.1, 0.15) is 12.6 Å². The van der Waals surface area contributed by atoms with Gasteiger partial charge in [-0.3, -0.25) is 14.4 Å². The quantitative estimate of drug-likeness (QED) is 0.0385. The van der Waals surface area contributed by atoms with Crippen molar-refractivity contribution in [3.05, 3.63) is 36.5 Å². The molecule has 2 N–H and O–H groups in total. The summed E-state index contributed by atoms with van der Waals surface area (Å²) in [6, 6.07) is 0. The molecule has 1 atom stereocenters. The highest BCUT2D eigenvalue weighted by Gasteiger charge is 2.14. The van der Waals surface area contributed by atoms with Gasteiger partial charge in [-0.2, -0.15) is 0 Å². The number of nitrogens with one attached hydrogen (secondary N) is 1. The number of rotatable bonds is 37. The van der Waals surface area contributed by atoms with Gasteiger partial charge in [0.25, 0.3) is 0 Å². The van der Waals surface area contributed by atoms with Gasteiger partial charge in [0, 0.05) is 12.8 Å². The molecular weight excluding hydrogens is 610 g/mol. The maximum atomic E-state index is 12.6. The van der Waals surface area contributed by atoms with Crippen LogP contribution in [0.3, 0.4) is 0 Å². The number of ether oxygens (including phenoxy) is 1. The van der Waals surface area contributed by atoms with E-state index in [-0.39, 0.29) is 24.5 Å². The summed E-state index contributed by atoms with van der Waals surface area (Å²) < 4.78 is 5.97. The molecule has 0 fully saturated rings. The van der Waals surface area contributed by atoms with Crippen LogP contribution in [-0.2, 0) is 19.1 Å². The molecule has 0 saturated carbocycles. The van der Waals surface area contributed by atoms with E-state index in [0.717, 1.165) is 83.5 Å². The summed E-state index contributed by atoms with van der Waals surface area (Å²) in [7, 11) is 0. The third-order valence-electron chi connectivity index (χ3n) is 9.06. The van der Waals surface area contributed by atoms with Crippen LogP contribution in [0.25, 0.3) is 0 Å². The number of allylic oxidation sites excluding steroid dienone is 6. The first-order valence-electron chi connectivity index (χ1n) is 20.6. The summed E-state index contributed by atoms with van der Waals surface area (Å²) in [6.45, 7) is 4.19. The SMILES string of the molecule is CCCCCCC/C=C\C/C=C\C/C=C\CCCCCCCCC(=O)OC(CCCCCCCC)CCCCCCCC(=O)NCC(=O)O. The van der Waals surface area contributed by atoms with Crippen LogP contribution in [0, 0.1) is 0 Å². The van der Waals surface area contributed by atoms with Crippen LogP contribution >= 0.6 is 0 Å². The Bertz CT molecular complexity index is 849. The normalized spacial score (nSPS) is 12.4. The summed E-state index contributed by atoms with van der Waals surface area (Å²) in [5.74, 6) is -1.25. The van der Waals surface area contributed by atoms with Crippen molar-refractivity contribution >= 4 is 17.8 Å². The van der Waals surface area contributed by atoms with E-state index in [4.69, 9.17) is 9.84 Å². The molecule has 0 rings (SSSR count). The minimum atomic E-state index is -1.02. The van der Waals surface area contributed by atoms with Crippen molar-refractivity contribution in [3.63, 3.8) is 0 Å². The number of esters is 1. The summed E-state index contributed by atoms with van der Waals surface area (Å²) in [6.07, 6.45) is 47.0. The highest BCUT2D eigenvalue weighted by molar-refractivity contribution is 5.80. The second-order valence-electron chi connectivity index (χ2n) is 13.9. The smallest absolute Gasteiger partial charge is 0.322 e. The first kappa shape index (κ1) is 46.6. The fourth-order valence-corrected chi connectivity index (χ4v) is 5.99. The van der Waals surface area contributed by atoms with E-state index < -0.39 is 5.97 Å². The summed E-state index contributed by atoms with van der Waals surface area (Å²) in [4.78, 5) is 34.8. The predicted octanol–water partition coefficient (Wildman–Crippen LogP) is 12.5. The lowest BCUT2D eigenvalue weighted by Gasteiger charge is -2.18. The third kappa shape index (κ3) is 38.3. The minimum absolute atomic E-state index is 0.0239. The van der Waals surface area contributed by atoms with E-state index in [1.165, 1.54) is 96.3 Å². The Hall–Kier alpha value is -2.37.